The lowest BCUT2D eigenvalue weighted by Gasteiger charge is -2.25. The Hall–Kier alpha value is -0.680. The third kappa shape index (κ3) is 3.16. The first-order chi connectivity index (χ1) is 8.20. The number of hydrogen-bond donors (Lipinski definition) is 1. The van der Waals surface area contributed by atoms with Crippen LogP contribution in [0.5, 0.6) is 0 Å². The molecule has 0 spiro atoms. The van der Waals surface area contributed by atoms with Crippen molar-refractivity contribution in [1.82, 2.24) is 9.88 Å². The lowest BCUT2D eigenvalue weighted by molar-refractivity contribution is -0.332. The molecule has 17 heavy (non-hydrogen) atoms. The van der Waals surface area contributed by atoms with Gasteiger partial charge in [0, 0.05) is 17.7 Å². The first kappa shape index (κ1) is 12.8. The molecular weight excluding hydrogens is 252 g/mol. The predicted octanol–water partition coefficient (Wildman–Crippen LogP) is 1.59. The normalized spacial score (nSPS) is 15.8. The van der Waals surface area contributed by atoms with E-state index in [-0.39, 0.29) is 5.88 Å². The van der Waals surface area contributed by atoms with Gasteiger partial charge in [0.15, 0.2) is 0 Å². The molecule has 0 N–H and O–H groups in total. The van der Waals surface area contributed by atoms with Crippen molar-refractivity contribution in [2.45, 2.75) is 32.2 Å². The molecule has 2 rings (SSSR count). The molecule has 0 amide bonds. The number of aromatic nitrogens is 1. The molecule has 0 fully saturated rings. The predicted molar refractivity (Wildman–Crippen MR) is 72.2 cm³/mol. The van der Waals surface area contributed by atoms with Crippen LogP contribution in [0.1, 0.15) is 28.4 Å². The van der Waals surface area contributed by atoms with Gasteiger partial charge >= 0.3 is 0 Å². The number of hydrogen-bond acceptors (Lipinski definition) is 5. The van der Waals surface area contributed by atoms with Crippen LogP contribution in [0, 0.1) is 0 Å². The van der Waals surface area contributed by atoms with Gasteiger partial charge in [-0.15, -0.1) is 11.3 Å². The summed E-state index contributed by atoms with van der Waals surface area (Å²) in [4.78, 5) is 7.74. The van der Waals surface area contributed by atoms with E-state index in [9.17, 15) is 5.11 Å². The highest BCUT2D eigenvalue weighted by Crippen LogP contribution is 2.27. The molecule has 0 saturated heterocycles. The maximum Gasteiger partial charge on any atom is 0.112 e. The Morgan fingerprint density at radius 2 is 2.29 bits per heavy atom. The Balaban J connectivity index is 2.03. The van der Waals surface area contributed by atoms with Gasteiger partial charge < -0.3 is 10.0 Å². The Labute approximate surface area is 112 Å². The highest BCUT2D eigenvalue weighted by molar-refractivity contribution is 7.80. The monoisotopic (exact) mass is 269 g/mol. The molecular formula is C12H17N2OS2-. The van der Waals surface area contributed by atoms with Crippen LogP contribution in [0.4, 0.5) is 0 Å². The van der Waals surface area contributed by atoms with Crippen molar-refractivity contribution in [2.24, 2.45) is 0 Å². The maximum absolute atomic E-state index is 11.6. The zero-order chi connectivity index (χ0) is 12.3. The second-order valence-corrected chi connectivity index (χ2v) is 5.80. The molecule has 3 nitrogen and oxygen atoms in total. The number of thiazole rings is 1. The van der Waals surface area contributed by atoms with E-state index in [2.05, 4.69) is 17.6 Å². The van der Waals surface area contributed by atoms with E-state index in [4.69, 9.17) is 0 Å². The topological polar surface area (TPSA) is 39.2 Å². The molecule has 0 unspecified atom stereocenters. The van der Waals surface area contributed by atoms with Gasteiger partial charge in [-0.05, 0) is 31.6 Å². The minimum Gasteiger partial charge on any atom is -0.861 e. The van der Waals surface area contributed by atoms with Crippen molar-refractivity contribution in [2.75, 3.05) is 12.8 Å². The van der Waals surface area contributed by atoms with E-state index in [0.717, 1.165) is 17.8 Å². The molecule has 0 radical (unpaired) electrons. The number of aryl methyl sites for hydroxylation is 2. The summed E-state index contributed by atoms with van der Waals surface area (Å²) in [6, 6.07) is 0. The summed E-state index contributed by atoms with van der Waals surface area (Å²) >= 11 is 5.78. The first-order valence-electron chi connectivity index (χ1n) is 5.87. The molecule has 0 saturated carbocycles. The van der Waals surface area contributed by atoms with E-state index in [0.29, 0.717) is 12.3 Å². The number of rotatable bonds is 4. The standard InChI is InChI=1S/C12H18N2OS2/c1-14(12(15)6-7-16)8-11-13-9-4-2-3-5-10(9)17-11/h6,15-16H,2-5,7-8H2,1H3/p-1/b12-6+. The van der Waals surface area contributed by atoms with E-state index < -0.39 is 0 Å². The molecule has 1 aliphatic rings. The van der Waals surface area contributed by atoms with Crippen LogP contribution >= 0.6 is 24.0 Å². The fourth-order valence-corrected chi connectivity index (χ4v) is 3.35. The summed E-state index contributed by atoms with van der Waals surface area (Å²) < 4.78 is 0. The van der Waals surface area contributed by atoms with Gasteiger partial charge in [-0.3, -0.25) is 0 Å². The molecule has 1 aromatic rings. The van der Waals surface area contributed by atoms with Crippen molar-refractivity contribution >= 4 is 24.0 Å². The summed E-state index contributed by atoms with van der Waals surface area (Å²) in [6.07, 6.45) is 6.37. The van der Waals surface area contributed by atoms with Crippen molar-refractivity contribution in [3.05, 3.63) is 27.5 Å². The summed E-state index contributed by atoms with van der Waals surface area (Å²) in [7, 11) is 1.81. The summed E-state index contributed by atoms with van der Waals surface area (Å²) in [6.45, 7) is 0.612. The van der Waals surface area contributed by atoms with E-state index in [1.54, 1.807) is 22.3 Å². The molecule has 1 aliphatic carbocycles. The number of thiol groups is 1. The smallest absolute Gasteiger partial charge is 0.112 e. The van der Waals surface area contributed by atoms with Crippen LogP contribution in [0.2, 0.25) is 0 Å². The van der Waals surface area contributed by atoms with Gasteiger partial charge in [0.25, 0.3) is 0 Å². The number of fused-ring (bicyclic) bond motifs is 1. The zero-order valence-electron chi connectivity index (χ0n) is 9.98. The SMILES string of the molecule is CN(Cc1nc2c(s1)CCCC2)/C([O-])=C\CS. The van der Waals surface area contributed by atoms with Gasteiger partial charge in [0.2, 0.25) is 0 Å². The molecule has 0 bridgehead atoms. The molecule has 0 atom stereocenters. The highest BCUT2D eigenvalue weighted by Gasteiger charge is 2.15. The molecule has 0 aliphatic heterocycles. The Morgan fingerprint density at radius 3 is 3.00 bits per heavy atom. The third-order valence-corrected chi connectivity index (χ3v) is 4.23. The van der Waals surface area contributed by atoms with Gasteiger partial charge in [-0.2, -0.15) is 12.6 Å². The van der Waals surface area contributed by atoms with Crippen LogP contribution in [-0.2, 0) is 19.4 Å². The summed E-state index contributed by atoms with van der Waals surface area (Å²) in [5, 5.41) is 12.6. The molecule has 1 heterocycles. The van der Waals surface area contributed by atoms with Gasteiger partial charge in [-0.25, -0.2) is 4.98 Å². The van der Waals surface area contributed by atoms with Gasteiger partial charge in [0.05, 0.1) is 12.2 Å². The van der Waals surface area contributed by atoms with E-state index >= 15 is 0 Å². The van der Waals surface area contributed by atoms with Crippen molar-refractivity contribution in [3.8, 4) is 0 Å². The average Bonchev–Trinajstić information content (AvgIpc) is 2.71. The lowest BCUT2D eigenvalue weighted by Crippen LogP contribution is -2.25. The minimum absolute atomic E-state index is 0.0215. The van der Waals surface area contributed by atoms with Gasteiger partial charge in [-0.1, -0.05) is 6.08 Å². The Morgan fingerprint density at radius 1 is 1.53 bits per heavy atom. The van der Waals surface area contributed by atoms with Crippen LogP contribution in [0.3, 0.4) is 0 Å². The molecule has 1 aromatic heterocycles. The second kappa shape index (κ2) is 5.78. The fourth-order valence-electron chi connectivity index (χ4n) is 1.99. The quantitative estimate of drug-likeness (QED) is 0.666. The van der Waals surface area contributed by atoms with Crippen molar-refractivity contribution in [1.29, 1.82) is 0 Å². The maximum atomic E-state index is 11.6. The Bertz CT molecular complexity index is 391. The molecule has 0 aromatic carbocycles. The molecule has 5 heteroatoms. The second-order valence-electron chi connectivity index (χ2n) is 4.27. The largest absolute Gasteiger partial charge is 0.861 e. The van der Waals surface area contributed by atoms with Crippen LogP contribution in [0.15, 0.2) is 12.0 Å². The first-order valence-corrected chi connectivity index (χ1v) is 7.32. The van der Waals surface area contributed by atoms with Gasteiger partial charge in [0.1, 0.15) is 5.01 Å². The highest BCUT2D eigenvalue weighted by atomic mass is 32.1. The third-order valence-electron chi connectivity index (χ3n) is 2.90. The number of nitrogens with zero attached hydrogens (tertiary/aromatic N) is 2. The minimum atomic E-state index is 0.0215. The lowest BCUT2D eigenvalue weighted by atomic mass is 10.0. The van der Waals surface area contributed by atoms with Crippen LogP contribution < -0.4 is 5.11 Å². The average molecular weight is 269 g/mol. The zero-order valence-corrected chi connectivity index (χ0v) is 11.7. The van der Waals surface area contributed by atoms with E-state index in [1.165, 1.54) is 23.4 Å². The fraction of sp³-hybridized carbons (Fsp3) is 0.583. The van der Waals surface area contributed by atoms with E-state index in [1.807, 2.05) is 7.05 Å². The Kier molecular flexibility index (Phi) is 4.34. The van der Waals surface area contributed by atoms with Crippen LogP contribution in [0.25, 0.3) is 0 Å². The van der Waals surface area contributed by atoms with Crippen LogP contribution in [-0.4, -0.2) is 22.7 Å². The molecule has 94 valence electrons. The van der Waals surface area contributed by atoms with Crippen molar-refractivity contribution in [3.63, 3.8) is 0 Å². The van der Waals surface area contributed by atoms with Crippen molar-refractivity contribution < 1.29 is 5.11 Å². The summed E-state index contributed by atoms with van der Waals surface area (Å²) in [5.41, 5.74) is 1.26. The summed E-state index contributed by atoms with van der Waals surface area (Å²) in [5.74, 6) is 0.505.